The van der Waals surface area contributed by atoms with Gasteiger partial charge in [-0.2, -0.15) is 0 Å². The smallest absolute Gasteiger partial charge is 0.408 e. The van der Waals surface area contributed by atoms with Gasteiger partial charge < -0.3 is 9.40 Å². The number of nitrogens with one attached hydrogen (secondary N) is 1. The summed E-state index contributed by atoms with van der Waals surface area (Å²) < 4.78 is 7.35. The number of H-pyrrole nitrogens is 1. The number of rotatable bonds is 1. The van der Waals surface area contributed by atoms with E-state index >= 15 is 0 Å². The maximum Gasteiger partial charge on any atom is 0.419 e. The van der Waals surface area contributed by atoms with Crippen molar-refractivity contribution >= 4 is 27.0 Å². The maximum atomic E-state index is 11.4. The van der Waals surface area contributed by atoms with Gasteiger partial charge in [-0.15, -0.1) is 0 Å². The van der Waals surface area contributed by atoms with E-state index in [4.69, 9.17) is 4.42 Å². The normalized spacial score (nSPS) is 11.2. The van der Waals surface area contributed by atoms with Crippen LogP contribution < -0.4 is 5.76 Å². The largest absolute Gasteiger partial charge is 0.419 e. The molecule has 0 aliphatic rings. The zero-order valence-corrected chi connectivity index (χ0v) is 10.5. The quantitative estimate of drug-likeness (QED) is 0.749. The summed E-state index contributed by atoms with van der Waals surface area (Å²) in [6.07, 6.45) is 1.61. The first-order chi connectivity index (χ1) is 8.16. The Morgan fingerprint density at radius 2 is 2.29 bits per heavy atom. The van der Waals surface area contributed by atoms with Crippen LogP contribution in [0.5, 0.6) is 0 Å². The summed E-state index contributed by atoms with van der Waals surface area (Å²) in [6.45, 7) is 0. The number of nitrogens with zero attached hydrogens (tertiary/aromatic N) is 2. The highest BCUT2D eigenvalue weighted by Crippen LogP contribution is 2.27. The van der Waals surface area contributed by atoms with Gasteiger partial charge in [0.1, 0.15) is 10.3 Å². The van der Waals surface area contributed by atoms with Crippen LogP contribution in [0, 0.1) is 0 Å². The van der Waals surface area contributed by atoms with Crippen LogP contribution in [-0.2, 0) is 7.05 Å². The van der Waals surface area contributed by atoms with Gasteiger partial charge in [-0.05, 0) is 34.1 Å². The van der Waals surface area contributed by atoms with Crippen LogP contribution in [-0.4, -0.2) is 14.5 Å². The SMILES string of the molecule is Cn1c(=O)oc2ccc(-c3nc[nH]c3Br)cc21. The standard InChI is InChI=1S/C11H8BrN3O2/c1-15-7-4-6(9-10(12)14-5-13-9)2-3-8(7)17-11(15)16/h2-5H,1H3,(H,13,14). The molecule has 0 saturated carbocycles. The summed E-state index contributed by atoms with van der Waals surface area (Å²) in [5, 5.41) is 0. The lowest BCUT2D eigenvalue weighted by Gasteiger charge is -1.98. The summed E-state index contributed by atoms with van der Waals surface area (Å²) in [6, 6.07) is 5.51. The summed E-state index contributed by atoms with van der Waals surface area (Å²) in [5.41, 5.74) is 3.05. The molecule has 17 heavy (non-hydrogen) atoms. The number of aryl methyl sites for hydroxylation is 1. The minimum Gasteiger partial charge on any atom is -0.408 e. The second kappa shape index (κ2) is 3.59. The lowest BCUT2D eigenvalue weighted by molar-refractivity contribution is 0.528. The molecule has 0 aliphatic carbocycles. The Balaban J connectivity index is 2.30. The zero-order chi connectivity index (χ0) is 12.0. The molecule has 5 nitrogen and oxygen atoms in total. The van der Waals surface area contributed by atoms with Gasteiger partial charge in [0, 0.05) is 12.6 Å². The third-order valence-corrected chi connectivity index (χ3v) is 3.26. The van der Waals surface area contributed by atoms with Gasteiger partial charge in [-0.25, -0.2) is 9.78 Å². The van der Waals surface area contributed by atoms with E-state index in [1.54, 1.807) is 19.4 Å². The molecule has 1 N–H and O–H groups in total. The fourth-order valence-corrected chi connectivity index (χ4v) is 2.19. The number of imidazole rings is 1. The van der Waals surface area contributed by atoms with Crippen molar-refractivity contribution in [2.45, 2.75) is 0 Å². The Morgan fingerprint density at radius 1 is 1.47 bits per heavy atom. The molecule has 3 rings (SSSR count). The van der Waals surface area contributed by atoms with Crippen LogP contribution in [0.3, 0.4) is 0 Å². The third kappa shape index (κ3) is 1.52. The second-order valence-electron chi connectivity index (χ2n) is 3.67. The van der Waals surface area contributed by atoms with Gasteiger partial charge in [0.2, 0.25) is 0 Å². The summed E-state index contributed by atoms with van der Waals surface area (Å²) in [4.78, 5) is 18.5. The topological polar surface area (TPSA) is 63.8 Å². The first-order valence-corrected chi connectivity index (χ1v) is 5.75. The van der Waals surface area contributed by atoms with Gasteiger partial charge >= 0.3 is 5.76 Å². The molecule has 6 heteroatoms. The number of fused-ring (bicyclic) bond motifs is 1. The van der Waals surface area contributed by atoms with Crippen LogP contribution in [0.4, 0.5) is 0 Å². The molecule has 0 bridgehead atoms. The predicted molar refractivity (Wildman–Crippen MR) is 66.7 cm³/mol. The van der Waals surface area contributed by atoms with Crippen LogP contribution in [0.1, 0.15) is 0 Å². The predicted octanol–water partition coefficient (Wildman–Crippen LogP) is 2.28. The molecule has 0 saturated heterocycles. The fraction of sp³-hybridized carbons (Fsp3) is 0.0909. The third-order valence-electron chi connectivity index (χ3n) is 2.66. The summed E-state index contributed by atoms with van der Waals surface area (Å²) in [7, 11) is 1.68. The average molecular weight is 294 g/mol. The molecule has 0 unspecified atom stereocenters. The average Bonchev–Trinajstić information content (AvgIpc) is 2.85. The Kier molecular flexibility index (Phi) is 2.19. The monoisotopic (exact) mass is 293 g/mol. The first kappa shape index (κ1) is 10.3. The van der Waals surface area contributed by atoms with Crippen molar-refractivity contribution in [1.82, 2.24) is 14.5 Å². The van der Waals surface area contributed by atoms with E-state index in [1.165, 1.54) is 4.57 Å². The second-order valence-corrected chi connectivity index (χ2v) is 4.47. The van der Waals surface area contributed by atoms with Crippen LogP contribution in [0.15, 0.2) is 38.3 Å². The molecule has 0 amide bonds. The number of halogens is 1. The molecule has 0 atom stereocenters. The van der Waals surface area contributed by atoms with E-state index < -0.39 is 0 Å². The molecular formula is C11H8BrN3O2. The van der Waals surface area contributed by atoms with Gasteiger partial charge in [-0.3, -0.25) is 4.57 Å². The van der Waals surface area contributed by atoms with E-state index in [1.807, 2.05) is 12.1 Å². The number of aromatic amines is 1. The van der Waals surface area contributed by atoms with E-state index in [2.05, 4.69) is 25.9 Å². The summed E-state index contributed by atoms with van der Waals surface area (Å²) >= 11 is 3.38. The van der Waals surface area contributed by atoms with Crippen molar-refractivity contribution in [3.8, 4) is 11.3 Å². The van der Waals surface area contributed by atoms with Gasteiger partial charge in [0.25, 0.3) is 0 Å². The molecule has 86 valence electrons. The number of hydrogen-bond donors (Lipinski definition) is 1. The van der Waals surface area contributed by atoms with Gasteiger partial charge in [0.05, 0.1) is 11.8 Å². The van der Waals surface area contributed by atoms with E-state index in [9.17, 15) is 4.79 Å². The molecule has 0 fully saturated rings. The molecule has 0 spiro atoms. The minimum atomic E-state index is -0.363. The first-order valence-electron chi connectivity index (χ1n) is 4.95. The molecule has 0 aliphatic heterocycles. The molecular weight excluding hydrogens is 286 g/mol. The van der Waals surface area contributed by atoms with Crippen LogP contribution >= 0.6 is 15.9 Å². The Bertz CT molecular complexity index is 754. The lowest BCUT2D eigenvalue weighted by Crippen LogP contribution is -2.08. The minimum absolute atomic E-state index is 0.363. The Morgan fingerprint density at radius 3 is 3.00 bits per heavy atom. The number of oxazole rings is 1. The highest BCUT2D eigenvalue weighted by molar-refractivity contribution is 9.10. The van der Waals surface area contributed by atoms with Gasteiger partial charge in [0.15, 0.2) is 5.58 Å². The highest BCUT2D eigenvalue weighted by Gasteiger charge is 2.10. The molecule has 0 radical (unpaired) electrons. The van der Waals surface area contributed by atoms with Gasteiger partial charge in [-0.1, -0.05) is 0 Å². The highest BCUT2D eigenvalue weighted by atomic mass is 79.9. The van der Waals surface area contributed by atoms with Crippen LogP contribution in [0.2, 0.25) is 0 Å². The van der Waals surface area contributed by atoms with Crippen LogP contribution in [0.25, 0.3) is 22.4 Å². The number of benzene rings is 1. The van der Waals surface area contributed by atoms with E-state index in [-0.39, 0.29) is 5.76 Å². The molecule has 2 aromatic heterocycles. The molecule has 1 aromatic carbocycles. The van der Waals surface area contributed by atoms with Crippen molar-refractivity contribution in [3.05, 3.63) is 39.7 Å². The Labute approximate surface area is 104 Å². The molecule has 2 heterocycles. The van der Waals surface area contributed by atoms with Crippen molar-refractivity contribution in [3.63, 3.8) is 0 Å². The molecule has 3 aromatic rings. The summed E-state index contributed by atoms with van der Waals surface area (Å²) in [5.74, 6) is -0.363. The fourth-order valence-electron chi connectivity index (χ4n) is 1.75. The lowest BCUT2D eigenvalue weighted by atomic mass is 10.1. The number of hydrogen-bond acceptors (Lipinski definition) is 3. The van der Waals surface area contributed by atoms with Crippen molar-refractivity contribution in [1.29, 1.82) is 0 Å². The van der Waals surface area contributed by atoms with Crippen molar-refractivity contribution in [2.24, 2.45) is 7.05 Å². The maximum absolute atomic E-state index is 11.4. The van der Waals surface area contributed by atoms with Crippen molar-refractivity contribution in [2.75, 3.05) is 0 Å². The zero-order valence-electron chi connectivity index (χ0n) is 8.90. The van der Waals surface area contributed by atoms with E-state index in [0.29, 0.717) is 5.58 Å². The number of aromatic nitrogens is 3. The Hall–Kier alpha value is -1.82. The van der Waals surface area contributed by atoms with Crippen molar-refractivity contribution < 1.29 is 4.42 Å². The van der Waals surface area contributed by atoms with E-state index in [0.717, 1.165) is 21.4 Å².